The lowest BCUT2D eigenvalue weighted by atomic mass is 9.87. The zero-order valence-corrected chi connectivity index (χ0v) is 14.6. The number of ether oxygens (including phenoxy) is 1. The van der Waals surface area contributed by atoms with Crippen molar-refractivity contribution in [2.24, 2.45) is 5.92 Å². The number of benzene rings is 1. The summed E-state index contributed by atoms with van der Waals surface area (Å²) in [6, 6.07) is 5.48. The predicted molar refractivity (Wildman–Crippen MR) is 92.0 cm³/mol. The fourth-order valence-corrected chi connectivity index (χ4v) is 3.50. The third-order valence-corrected chi connectivity index (χ3v) is 4.61. The Hall–Kier alpha value is -1.75. The van der Waals surface area contributed by atoms with Gasteiger partial charge in [-0.15, -0.1) is 0 Å². The molecule has 0 spiro atoms. The molecule has 1 aromatic rings. The van der Waals surface area contributed by atoms with E-state index in [2.05, 4.69) is 19.2 Å². The molecule has 2 amide bonds. The second kappa shape index (κ2) is 7.21. The van der Waals surface area contributed by atoms with E-state index in [0.29, 0.717) is 18.2 Å². The number of anilines is 1. The summed E-state index contributed by atoms with van der Waals surface area (Å²) in [5, 5.41) is 12.9. The van der Waals surface area contributed by atoms with Gasteiger partial charge in [-0.3, -0.25) is 0 Å². The molecule has 2 N–H and O–H groups in total. The van der Waals surface area contributed by atoms with E-state index in [0.717, 1.165) is 30.5 Å². The number of aliphatic hydroxyl groups is 1. The Bertz CT molecular complexity index is 559. The van der Waals surface area contributed by atoms with Crippen LogP contribution < -0.4 is 10.1 Å². The zero-order valence-electron chi connectivity index (χ0n) is 14.6. The first-order chi connectivity index (χ1) is 10.9. The molecule has 1 heterocycles. The molecule has 1 aliphatic heterocycles. The summed E-state index contributed by atoms with van der Waals surface area (Å²) in [6.07, 6.45) is 2.60. The highest BCUT2D eigenvalue weighted by molar-refractivity contribution is 5.91. The van der Waals surface area contributed by atoms with E-state index in [4.69, 9.17) is 4.74 Å². The van der Waals surface area contributed by atoms with Gasteiger partial charge in [0.05, 0.1) is 19.3 Å². The molecule has 1 aromatic carbocycles. The number of urea groups is 1. The van der Waals surface area contributed by atoms with Gasteiger partial charge in [-0.1, -0.05) is 19.9 Å². The van der Waals surface area contributed by atoms with Crippen molar-refractivity contribution in [1.82, 2.24) is 4.90 Å². The lowest BCUT2D eigenvalue weighted by Crippen LogP contribution is -2.52. The average molecular weight is 320 g/mol. The van der Waals surface area contributed by atoms with Crippen LogP contribution in [-0.4, -0.2) is 41.8 Å². The summed E-state index contributed by atoms with van der Waals surface area (Å²) < 4.78 is 5.23. The topological polar surface area (TPSA) is 61.8 Å². The minimum atomic E-state index is -0.439. The first-order valence-corrected chi connectivity index (χ1v) is 8.26. The van der Waals surface area contributed by atoms with Crippen LogP contribution in [0.5, 0.6) is 5.75 Å². The van der Waals surface area contributed by atoms with Crippen molar-refractivity contribution >= 4 is 11.7 Å². The molecule has 0 aliphatic carbocycles. The number of hydrogen-bond acceptors (Lipinski definition) is 3. The van der Waals surface area contributed by atoms with Gasteiger partial charge in [0.25, 0.3) is 0 Å². The first-order valence-electron chi connectivity index (χ1n) is 8.26. The Labute approximate surface area is 138 Å². The van der Waals surface area contributed by atoms with Crippen LogP contribution in [0.25, 0.3) is 0 Å². The molecule has 1 fully saturated rings. The monoisotopic (exact) mass is 320 g/mol. The van der Waals surface area contributed by atoms with Crippen LogP contribution in [0, 0.1) is 12.8 Å². The third kappa shape index (κ3) is 3.78. The van der Waals surface area contributed by atoms with Crippen LogP contribution in [0.1, 0.15) is 38.7 Å². The van der Waals surface area contributed by atoms with Gasteiger partial charge in [0.2, 0.25) is 0 Å². The number of aryl methyl sites for hydroxylation is 1. The number of methoxy groups -OCH3 is 1. The van der Waals surface area contributed by atoms with Crippen molar-refractivity contribution in [2.75, 3.05) is 25.6 Å². The molecular weight excluding hydrogens is 292 g/mol. The van der Waals surface area contributed by atoms with Crippen LogP contribution in [0.3, 0.4) is 0 Å². The molecule has 23 heavy (non-hydrogen) atoms. The maximum Gasteiger partial charge on any atom is 0.322 e. The Morgan fingerprint density at radius 3 is 2.83 bits per heavy atom. The average Bonchev–Trinajstić information content (AvgIpc) is 2.92. The number of carbonyl (C=O) groups is 1. The van der Waals surface area contributed by atoms with Gasteiger partial charge >= 0.3 is 6.03 Å². The van der Waals surface area contributed by atoms with Gasteiger partial charge in [-0.05, 0) is 43.7 Å². The van der Waals surface area contributed by atoms with Gasteiger partial charge < -0.3 is 20.1 Å². The second-order valence-electron chi connectivity index (χ2n) is 6.85. The highest BCUT2D eigenvalue weighted by Gasteiger charge is 2.43. The van der Waals surface area contributed by atoms with Gasteiger partial charge in [0.1, 0.15) is 5.75 Å². The maximum atomic E-state index is 12.8. The molecule has 0 aromatic heterocycles. The van der Waals surface area contributed by atoms with E-state index in [9.17, 15) is 9.90 Å². The summed E-state index contributed by atoms with van der Waals surface area (Å²) in [7, 11) is 1.61. The summed E-state index contributed by atoms with van der Waals surface area (Å²) in [5.41, 5.74) is 1.29. The van der Waals surface area contributed by atoms with E-state index in [1.165, 1.54) is 0 Å². The highest BCUT2D eigenvalue weighted by Crippen LogP contribution is 2.35. The summed E-state index contributed by atoms with van der Waals surface area (Å²) in [5.74, 6) is 1.14. The van der Waals surface area contributed by atoms with Gasteiger partial charge in [0.15, 0.2) is 0 Å². The first kappa shape index (κ1) is 17.6. The van der Waals surface area contributed by atoms with Crippen molar-refractivity contribution in [3.63, 3.8) is 0 Å². The van der Waals surface area contributed by atoms with Crippen LogP contribution in [-0.2, 0) is 0 Å². The molecule has 1 saturated heterocycles. The molecule has 5 nitrogen and oxygen atoms in total. The molecule has 1 aliphatic rings. The number of aliphatic hydroxyl groups excluding tert-OH is 1. The van der Waals surface area contributed by atoms with Gasteiger partial charge in [0, 0.05) is 18.3 Å². The van der Waals surface area contributed by atoms with E-state index < -0.39 is 5.54 Å². The van der Waals surface area contributed by atoms with Crippen molar-refractivity contribution in [1.29, 1.82) is 0 Å². The standard InChI is InChI=1S/C18H28N2O3/c1-13(2)11-18(12-21)8-5-9-20(18)17(22)19-16-10-15(23-4)7-6-14(16)3/h6-7,10,13,21H,5,8-9,11-12H2,1-4H3,(H,19,22)/t18-/m0/s1. The Balaban J connectivity index is 2.19. The molecule has 0 saturated carbocycles. The summed E-state index contributed by atoms with van der Waals surface area (Å²) >= 11 is 0. The molecule has 1 atom stereocenters. The van der Waals surface area contributed by atoms with E-state index in [-0.39, 0.29) is 12.6 Å². The summed E-state index contributed by atoms with van der Waals surface area (Å²) in [6.45, 7) is 6.89. The minimum Gasteiger partial charge on any atom is -0.497 e. The van der Waals surface area contributed by atoms with Crippen molar-refractivity contribution in [3.8, 4) is 5.75 Å². The third-order valence-electron chi connectivity index (χ3n) is 4.61. The predicted octanol–water partition coefficient (Wildman–Crippen LogP) is 3.41. The molecule has 0 bridgehead atoms. The lowest BCUT2D eigenvalue weighted by Gasteiger charge is -2.38. The van der Waals surface area contributed by atoms with Crippen LogP contribution in [0.2, 0.25) is 0 Å². The molecule has 5 heteroatoms. The Morgan fingerprint density at radius 2 is 2.22 bits per heavy atom. The van der Waals surface area contributed by atoms with E-state index >= 15 is 0 Å². The number of rotatable bonds is 5. The SMILES string of the molecule is COc1ccc(C)c(NC(=O)N2CCC[C@@]2(CO)CC(C)C)c1. The van der Waals surface area contributed by atoms with Gasteiger partial charge in [-0.2, -0.15) is 0 Å². The Morgan fingerprint density at radius 1 is 1.48 bits per heavy atom. The molecule has 0 unspecified atom stereocenters. The number of nitrogens with one attached hydrogen (secondary N) is 1. The van der Waals surface area contributed by atoms with Crippen molar-refractivity contribution in [2.45, 2.75) is 45.6 Å². The van der Waals surface area contributed by atoms with Crippen LogP contribution in [0.15, 0.2) is 18.2 Å². The fourth-order valence-electron chi connectivity index (χ4n) is 3.50. The number of carbonyl (C=O) groups excluding carboxylic acids is 1. The Kier molecular flexibility index (Phi) is 5.52. The summed E-state index contributed by atoms with van der Waals surface area (Å²) in [4.78, 5) is 14.6. The smallest absolute Gasteiger partial charge is 0.322 e. The largest absolute Gasteiger partial charge is 0.497 e. The van der Waals surface area contributed by atoms with Crippen molar-refractivity contribution in [3.05, 3.63) is 23.8 Å². The van der Waals surface area contributed by atoms with E-state index in [1.54, 1.807) is 7.11 Å². The molecule has 128 valence electrons. The van der Waals surface area contributed by atoms with Crippen LogP contribution >= 0.6 is 0 Å². The fraction of sp³-hybridized carbons (Fsp3) is 0.611. The number of amides is 2. The maximum absolute atomic E-state index is 12.8. The molecular formula is C18H28N2O3. The van der Waals surface area contributed by atoms with Crippen molar-refractivity contribution < 1.29 is 14.6 Å². The normalized spacial score (nSPS) is 20.9. The second-order valence-corrected chi connectivity index (χ2v) is 6.85. The number of hydrogen-bond donors (Lipinski definition) is 2. The number of nitrogens with zero attached hydrogens (tertiary/aromatic N) is 1. The zero-order chi connectivity index (χ0) is 17.0. The molecule has 0 radical (unpaired) electrons. The van der Waals surface area contributed by atoms with E-state index in [1.807, 2.05) is 30.0 Å². The number of likely N-dealkylation sites (tertiary alicyclic amines) is 1. The minimum absolute atomic E-state index is 0.00962. The van der Waals surface area contributed by atoms with Gasteiger partial charge in [-0.25, -0.2) is 4.79 Å². The highest BCUT2D eigenvalue weighted by atomic mass is 16.5. The lowest BCUT2D eigenvalue weighted by molar-refractivity contribution is 0.0728. The van der Waals surface area contributed by atoms with Crippen LogP contribution in [0.4, 0.5) is 10.5 Å². The quantitative estimate of drug-likeness (QED) is 0.874. The molecule has 2 rings (SSSR count).